The maximum Gasteiger partial charge on any atom is 0.342 e. The predicted octanol–water partition coefficient (Wildman–Crippen LogP) is 6.88. The summed E-state index contributed by atoms with van der Waals surface area (Å²) in [6, 6.07) is 11.9. The van der Waals surface area contributed by atoms with E-state index in [9.17, 15) is 15.0 Å². The number of halogens is 1. The Balaban J connectivity index is 1.53. The topological polar surface area (TPSA) is 79.2 Å². The van der Waals surface area contributed by atoms with Crippen LogP contribution in [0.3, 0.4) is 0 Å². The molecule has 1 spiro atoms. The van der Waals surface area contributed by atoms with Gasteiger partial charge in [0.1, 0.15) is 5.75 Å². The van der Waals surface area contributed by atoms with E-state index in [0.29, 0.717) is 18.6 Å². The van der Waals surface area contributed by atoms with Crippen LogP contribution in [0.15, 0.2) is 61.7 Å². The lowest BCUT2D eigenvalue weighted by molar-refractivity contribution is -0.164. The van der Waals surface area contributed by atoms with Gasteiger partial charge in [-0.05, 0) is 111 Å². The Kier molecular flexibility index (Phi) is 9.89. The monoisotopic (exact) mass is 607 g/mol. The third-order valence-electron chi connectivity index (χ3n) is 10.1. The molecule has 2 aliphatic carbocycles. The van der Waals surface area contributed by atoms with E-state index >= 15 is 0 Å². The van der Waals surface area contributed by atoms with Gasteiger partial charge in [-0.1, -0.05) is 42.3 Å². The molecule has 1 unspecified atom stereocenters. The third-order valence-corrected chi connectivity index (χ3v) is 10.3. The third kappa shape index (κ3) is 6.38. The van der Waals surface area contributed by atoms with E-state index in [1.807, 2.05) is 24.3 Å². The molecule has 1 fully saturated rings. The van der Waals surface area contributed by atoms with Gasteiger partial charge in [0.15, 0.2) is 5.60 Å². The SMILES string of the molecule is C=CCCCCCC(O)(C(=O)OC)c1ccc2c(c1)N(C[C@@H]1CC[C@H]1[C@@H](O)C=C)C[C@@]1(CCCc3cc(Cl)ccc31)CO2. The smallest absolute Gasteiger partial charge is 0.342 e. The first-order valence-corrected chi connectivity index (χ1v) is 16.2. The molecule has 6 nitrogen and oxygen atoms in total. The van der Waals surface area contributed by atoms with Crippen LogP contribution in [-0.4, -0.2) is 49.1 Å². The molecule has 0 saturated heterocycles. The summed E-state index contributed by atoms with van der Waals surface area (Å²) in [4.78, 5) is 15.5. The van der Waals surface area contributed by atoms with Crippen molar-refractivity contribution in [2.45, 2.75) is 81.3 Å². The Labute approximate surface area is 261 Å². The molecular weight excluding hydrogens is 562 g/mol. The number of aliphatic hydroxyl groups excluding tert-OH is 1. The van der Waals surface area contributed by atoms with Gasteiger partial charge in [0.2, 0.25) is 0 Å². The largest absolute Gasteiger partial charge is 0.490 e. The number of nitrogens with zero attached hydrogens (tertiary/aromatic N) is 1. The molecule has 5 atom stereocenters. The minimum Gasteiger partial charge on any atom is -0.490 e. The second-order valence-corrected chi connectivity index (χ2v) is 13.2. The summed E-state index contributed by atoms with van der Waals surface area (Å²) in [5, 5.41) is 23.2. The summed E-state index contributed by atoms with van der Waals surface area (Å²) in [6.45, 7) is 9.60. The second-order valence-electron chi connectivity index (χ2n) is 12.8. The van der Waals surface area contributed by atoms with Crippen LogP contribution in [0.25, 0.3) is 0 Å². The van der Waals surface area contributed by atoms with Crippen molar-refractivity contribution >= 4 is 23.3 Å². The average molecular weight is 608 g/mol. The zero-order chi connectivity index (χ0) is 30.6. The van der Waals surface area contributed by atoms with Crippen LogP contribution in [0.5, 0.6) is 5.75 Å². The van der Waals surface area contributed by atoms with Crippen molar-refractivity contribution < 1.29 is 24.5 Å². The fraction of sp³-hybridized carbons (Fsp3) is 0.528. The fourth-order valence-corrected chi connectivity index (χ4v) is 7.67. The van der Waals surface area contributed by atoms with Crippen LogP contribution in [-0.2, 0) is 27.0 Å². The highest BCUT2D eigenvalue weighted by Crippen LogP contribution is 2.47. The molecule has 1 saturated carbocycles. The molecule has 0 aromatic heterocycles. The quantitative estimate of drug-likeness (QED) is 0.155. The zero-order valence-electron chi connectivity index (χ0n) is 25.4. The number of carbonyl (C=O) groups is 1. The number of allylic oxidation sites excluding steroid dienone is 1. The molecule has 43 heavy (non-hydrogen) atoms. The molecule has 2 N–H and O–H groups in total. The normalized spacial score (nSPS) is 24.8. The Morgan fingerprint density at radius 2 is 2.07 bits per heavy atom. The lowest BCUT2D eigenvalue weighted by Gasteiger charge is -2.45. The van der Waals surface area contributed by atoms with E-state index in [-0.39, 0.29) is 23.7 Å². The summed E-state index contributed by atoms with van der Waals surface area (Å²) in [5.41, 5.74) is 1.93. The molecule has 1 aliphatic heterocycles. The van der Waals surface area contributed by atoms with Gasteiger partial charge in [-0.3, -0.25) is 0 Å². The Morgan fingerprint density at radius 3 is 2.79 bits per heavy atom. The number of rotatable bonds is 12. The van der Waals surface area contributed by atoms with Gasteiger partial charge in [0, 0.05) is 23.5 Å². The summed E-state index contributed by atoms with van der Waals surface area (Å²) in [7, 11) is 1.32. The van der Waals surface area contributed by atoms with Crippen LogP contribution in [0.2, 0.25) is 5.02 Å². The molecule has 0 amide bonds. The van der Waals surface area contributed by atoms with Crippen LogP contribution < -0.4 is 9.64 Å². The van der Waals surface area contributed by atoms with E-state index in [0.717, 1.165) is 80.9 Å². The highest BCUT2D eigenvalue weighted by Gasteiger charge is 2.45. The average Bonchev–Trinajstić information content (AvgIpc) is 3.15. The van der Waals surface area contributed by atoms with Gasteiger partial charge in [-0.25, -0.2) is 4.79 Å². The number of methoxy groups -OCH3 is 1. The van der Waals surface area contributed by atoms with Crippen molar-refractivity contribution in [2.24, 2.45) is 11.8 Å². The first-order valence-electron chi connectivity index (χ1n) is 15.8. The van der Waals surface area contributed by atoms with Gasteiger partial charge < -0.3 is 24.6 Å². The van der Waals surface area contributed by atoms with Crippen LogP contribution in [0, 0.1) is 11.8 Å². The van der Waals surface area contributed by atoms with Gasteiger partial charge in [-0.15, -0.1) is 13.2 Å². The van der Waals surface area contributed by atoms with Crippen molar-refractivity contribution in [3.8, 4) is 5.75 Å². The Hall–Kier alpha value is -2.80. The number of fused-ring (bicyclic) bond motifs is 3. The predicted molar refractivity (Wildman–Crippen MR) is 172 cm³/mol. The summed E-state index contributed by atoms with van der Waals surface area (Å²) in [6.07, 6.45) is 11.7. The van der Waals surface area contributed by atoms with Crippen LogP contribution in [0.4, 0.5) is 5.69 Å². The molecule has 7 heteroatoms. The van der Waals surface area contributed by atoms with Crippen molar-refractivity contribution in [3.05, 3.63) is 83.4 Å². The van der Waals surface area contributed by atoms with E-state index < -0.39 is 17.7 Å². The molecule has 2 aromatic carbocycles. The number of aliphatic hydroxyl groups is 2. The molecular formula is C36H46ClNO5. The Bertz CT molecular complexity index is 1330. The van der Waals surface area contributed by atoms with Gasteiger partial charge >= 0.3 is 5.97 Å². The van der Waals surface area contributed by atoms with E-state index in [2.05, 4.69) is 30.2 Å². The molecule has 3 aliphatic rings. The molecule has 5 rings (SSSR count). The number of esters is 1. The van der Waals surface area contributed by atoms with Crippen molar-refractivity contribution in [3.63, 3.8) is 0 Å². The number of hydrogen-bond acceptors (Lipinski definition) is 6. The first-order chi connectivity index (χ1) is 20.7. The summed E-state index contributed by atoms with van der Waals surface area (Å²) < 4.78 is 11.7. The fourth-order valence-electron chi connectivity index (χ4n) is 7.48. The van der Waals surface area contributed by atoms with E-state index in [4.69, 9.17) is 21.1 Å². The number of unbranched alkanes of at least 4 members (excludes halogenated alkanes) is 3. The number of aryl methyl sites for hydroxylation is 1. The van der Waals surface area contributed by atoms with E-state index in [1.165, 1.54) is 18.2 Å². The van der Waals surface area contributed by atoms with Gasteiger partial charge in [-0.2, -0.15) is 0 Å². The zero-order valence-corrected chi connectivity index (χ0v) is 26.2. The van der Waals surface area contributed by atoms with Crippen molar-refractivity contribution in [2.75, 3.05) is 31.7 Å². The number of benzene rings is 2. The van der Waals surface area contributed by atoms with Gasteiger partial charge in [0.05, 0.1) is 25.5 Å². The number of ether oxygens (including phenoxy) is 2. The summed E-state index contributed by atoms with van der Waals surface area (Å²) >= 11 is 6.41. The molecule has 232 valence electrons. The minimum atomic E-state index is -1.76. The van der Waals surface area contributed by atoms with Crippen molar-refractivity contribution in [1.82, 2.24) is 0 Å². The van der Waals surface area contributed by atoms with Crippen molar-refractivity contribution in [1.29, 1.82) is 0 Å². The maximum absolute atomic E-state index is 13.1. The van der Waals surface area contributed by atoms with Gasteiger partial charge in [0.25, 0.3) is 0 Å². The lowest BCUT2D eigenvalue weighted by atomic mass is 9.68. The summed E-state index contributed by atoms with van der Waals surface area (Å²) in [5.74, 6) is 0.529. The number of anilines is 1. The van der Waals surface area contributed by atoms with E-state index in [1.54, 1.807) is 12.1 Å². The first kappa shape index (κ1) is 31.6. The molecule has 2 aromatic rings. The highest BCUT2D eigenvalue weighted by atomic mass is 35.5. The maximum atomic E-state index is 13.1. The standard InChI is InChI=1S/C36H46ClNO5/c1-4-6-7-8-9-19-36(41,34(40)42-3)27-13-17-33-31(21-27)38(22-26-12-15-29(26)32(39)5-2)23-35(24-43-33)18-10-11-25-20-28(37)14-16-30(25)35/h4-5,13-14,16-17,20-21,26,29,32,39,41H,1-2,6-12,15,18-19,22-24H2,3H3/t26-,29+,32-,35-,36?/m0/s1. The van der Waals surface area contributed by atoms with Crippen LogP contribution >= 0.6 is 11.6 Å². The van der Waals surface area contributed by atoms with Crippen LogP contribution in [0.1, 0.15) is 74.5 Å². The molecule has 0 radical (unpaired) electrons. The number of hydrogen-bond donors (Lipinski definition) is 2. The highest BCUT2D eigenvalue weighted by molar-refractivity contribution is 6.30. The molecule has 0 bridgehead atoms. The second kappa shape index (κ2) is 13.5. The number of carbonyl (C=O) groups excluding carboxylic acids is 1. The minimum absolute atomic E-state index is 0.157. The Morgan fingerprint density at radius 1 is 1.23 bits per heavy atom. The molecule has 1 heterocycles. The lowest BCUT2D eigenvalue weighted by Crippen LogP contribution is -2.49.